The molecule has 3 fully saturated rings. The van der Waals surface area contributed by atoms with Crippen molar-refractivity contribution in [2.45, 2.75) is 58.3 Å². The summed E-state index contributed by atoms with van der Waals surface area (Å²) in [5, 5.41) is 0. The summed E-state index contributed by atoms with van der Waals surface area (Å²) < 4.78 is 0. The highest BCUT2D eigenvalue weighted by Crippen LogP contribution is 2.61. The predicted molar refractivity (Wildman–Crippen MR) is 73.8 cm³/mol. The molecule has 3 atom stereocenters. The molecule has 0 aliphatic heterocycles. The highest BCUT2D eigenvalue weighted by Gasteiger charge is 2.49. The van der Waals surface area contributed by atoms with Gasteiger partial charge in [-0.05, 0) is 68.1 Å². The molecule has 0 N–H and O–H groups in total. The average molecular weight is 230 g/mol. The van der Waals surface area contributed by atoms with Crippen molar-refractivity contribution in [2.24, 2.45) is 23.2 Å². The van der Waals surface area contributed by atoms with Gasteiger partial charge in [-0.25, -0.2) is 0 Å². The quantitative estimate of drug-likeness (QED) is 0.507. The Balaban J connectivity index is 1.80. The molecule has 17 heavy (non-hydrogen) atoms. The lowest BCUT2D eigenvalue weighted by atomic mass is 9.68. The molecule has 0 saturated heterocycles. The molecule has 0 amide bonds. The Morgan fingerprint density at radius 2 is 1.82 bits per heavy atom. The van der Waals surface area contributed by atoms with Crippen LogP contribution in [0.4, 0.5) is 0 Å². The molecule has 0 aromatic rings. The van der Waals surface area contributed by atoms with Crippen molar-refractivity contribution in [1.82, 2.24) is 0 Å². The molecule has 0 bridgehead atoms. The highest BCUT2D eigenvalue weighted by molar-refractivity contribution is 5.25. The van der Waals surface area contributed by atoms with Crippen molar-refractivity contribution in [1.29, 1.82) is 0 Å². The first-order valence-corrected chi connectivity index (χ1v) is 7.47. The van der Waals surface area contributed by atoms with E-state index in [1.807, 2.05) is 0 Å². The zero-order chi connectivity index (χ0) is 12.0. The van der Waals surface area contributed by atoms with E-state index in [0.717, 1.165) is 17.8 Å². The minimum Gasteiger partial charge on any atom is -0.0999 e. The van der Waals surface area contributed by atoms with Gasteiger partial charge in [0.2, 0.25) is 0 Å². The van der Waals surface area contributed by atoms with Crippen molar-refractivity contribution in [3.05, 3.63) is 24.3 Å². The number of fused-ring (bicyclic) bond motifs is 1. The second-order valence-electron chi connectivity index (χ2n) is 7.04. The maximum absolute atomic E-state index is 4.55. The summed E-state index contributed by atoms with van der Waals surface area (Å²) in [4.78, 5) is 0. The largest absolute Gasteiger partial charge is 0.0999 e. The summed E-state index contributed by atoms with van der Waals surface area (Å²) in [6.45, 7) is 11.1. The summed E-state index contributed by atoms with van der Waals surface area (Å²) in [7, 11) is 0. The first kappa shape index (κ1) is 11.6. The SMILES string of the molecule is C=C1CCC2(CC1)CC1CCC(C)CC1C2=C. The lowest BCUT2D eigenvalue weighted by Crippen LogP contribution is -2.24. The topological polar surface area (TPSA) is 0 Å². The molecule has 0 heteroatoms. The van der Waals surface area contributed by atoms with Gasteiger partial charge in [0.25, 0.3) is 0 Å². The van der Waals surface area contributed by atoms with E-state index in [1.165, 1.54) is 56.9 Å². The minimum absolute atomic E-state index is 0.528. The van der Waals surface area contributed by atoms with Crippen LogP contribution in [0.5, 0.6) is 0 Å². The van der Waals surface area contributed by atoms with Crippen LogP contribution in [0.3, 0.4) is 0 Å². The van der Waals surface area contributed by atoms with Crippen molar-refractivity contribution < 1.29 is 0 Å². The second kappa shape index (κ2) is 4.00. The Kier molecular flexibility index (Phi) is 2.72. The van der Waals surface area contributed by atoms with E-state index in [1.54, 1.807) is 5.57 Å². The summed E-state index contributed by atoms with van der Waals surface area (Å²) in [6.07, 6.45) is 11.0. The fourth-order valence-electron chi connectivity index (χ4n) is 4.75. The monoisotopic (exact) mass is 230 g/mol. The van der Waals surface area contributed by atoms with Crippen LogP contribution >= 0.6 is 0 Å². The summed E-state index contributed by atoms with van der Waals surface area (Å²) >= 11 is 0. The maximum atomic E-state index is 4.55. The van der Waals surface area contributed by atoms with Gasteiger partial charge in [-0.2, -0.15) is 0 Å². The summed E-state index contributed by atoms with van der Waals surface area (Å²) in [6, 6.07) is 0. The van der Waals surface area contributed by atoms with Gasteiger partial charge < -0.3 is 0 Å². The molecule has 0 aromatic heterocycles. The molecule has 0 heterocycles. The molecule has 3 unspecified atom stereocenters. The highest BCUT2D eigenvalue weighted by atomic mass is 14.5. The first-order chi connectivity index (χ1) is 8.11. The van der Waals surface area contributed by atoms with E-state index in [9.17, 15) is 0 Å². The van der Waals surface area contributed by atoms with Crippen molar-refractivity contribution in [2.75, 3.05) is 0 Å². The van der Waals surface area contributed by atoms with Crippen molar-refractivity contribution in [3.63, 3.8) is 0 Å². The van der Waals surface area contributed by atoms with Gasteiger partial charge in [0, 0.05) is 0 Å². The Morgan fingerprint density at radius 3 is 2.53 bits per heavy atom. The van der Waals surface area contributed by atoms with E-state index in [0.29, 0.717) is 5.41 Å². The Labute approximate surface area is 106 Å². The molecule has 3 aliphatic rings. The zero-order valence-corrected chi connectivity index (χ0v) is 11.3. The van der Waals surface area contributed by atoms with Gasteiger partial charge in [-0.1, -0.05) is 37.6 Å². The number of hydrogen-bond donors (Lipinski definition) is 0. The smallest absolute Gasteiger partial charge is 0.00790 e. The van der Waals surface area contributed by atoms with Gasteiger partial charge in [-0.15, -0.1) is 0 Å². The molecule has 0 nitrogen and oxygen atoms in total. The number of allylic oxidation sites excluding steroid dienone is 2. The van der Waals surface area contributed by atoms with Crippen LogP contribution in [0.1, 0.15) is 58.3 Å². The molecular weight excluding hydrogens is 204 g/mol. The summed E-state index contributed by atoms with van der Waals surface area (Å²) in [5.74, 6) is 2.77. The molecular formula is C17H26. The minimum atomic E-state index is 0.528. The number of hydrogen-bond acceptors (Lipinski definition) is 0. The van der Waals surface area contributed by atoms with E-state index in [-0.39, 0.29) is 0 Å². The average Bonchev–Trinajstić information content (AvgIpc) is 2.58. The fraction of sp³-hybridized carbons (Fsp3) is 0.765. The van der Waals surface area contributed by atoms with Gasteiger partial charge in [0.15, 0.2) is 0 Å². The van der Waals surface area contributed by atoms with Crippen LogP contribution in [-0.4, -0.2) is 0 Å². The number of rotatable bonds is 0. The Morgan fingerprint density at radius 1 is 1.12 bits per heavy atom. The standard InChI is InChI=1S/C17H26/c1-12-6-8-17(9-7-12)11-15-5-4-13(2)10-16(15)14(17)3/h13,15-16H,1,3-11H2,2H3. The van der Waals surface area contributed by atoms with Gasteiger partial charge in [-0.3, -0.25) is 0 Å². The molecule has 0 aromatic carbocycles. The molecule has 3 saturated carbocycles. The third kappa shape index (κ3) is 1.80. The Hall–Kier alpha value is -0.520. The van der Waals surface area contributed by atoms with Crippen LogP contribution in [0.25, 0.3) is 0 Å². The molecule has 1 spiro atoms. The van der Waals surface area contributed by atoms with Gasteiger partial charge in [0.05, 0.1) is 0 Å². The zero-order valence-electron chi connectivity index (χ0n) is 11.3. The van der Waals surface area contributed by atoms with Crippen LogP contribution in [0.2, 0.25) is 0 Å². The van der Waals surface area contributed by atoms with E-state index in [4.69, 9.17) is 0 Å². The van der Waals surface area contributed by atoms with Gasteiger partial charge >= 0.3 is 0 Å². The fourth-order valence-corrected chi connectivity index (χ4v) is 4.75. The van der Waals surface area contributed by atoms with E-state index >= 15 is 0 Å². The van der Waals surface area contributed by atoms with Crippen molar-refractivity contribution >= 4 is 0 Å². The normalized spacial score (nSPS) is 40.6. The molecule has 94 valence electrons. The Bertz CT molecular complexity index is 339. The van der Waals surface area contributed by atoms with Crippen LogP contribution in [-0.2, 0) is 0 Å². The molecule has 3 aliphatic carbocycles. The molecule has 0 radical (unpaired) electrons. The summed E-state index contributed by atoms with van der Waals surface area (Å²) in [5.41, 5.74) is 3.65. The lowest BCUT2D eigenvalue weighted by Gasteiger charge is -2.36. The van der Waals surface area contributed by atoms with E-state index in [2.05, 4.69) is 20.1 Å². The third-order valence-electron chi connectivity index (χ3n) is 5.95. The van der Waals surface area contributed by atoms with Crippen molar-refractivity contribution in [3.8, 4) is 0 Å². The van der Waals surface area contributed by atoms with Gasteiger partial charge in [0.1, 0.15) is 0 Å². The van der Waals surface area contributed by atoms with Crippen LogP contribution in [0.15, 0.2) is 24.3 Å². The van der Waals surface area contributed by atoms with E-state index < -0.39 is 0 Å². The first-order valence-electron chi connectivity index (χ1n) is 7.47. The maximum Gasteiger partial charge on any atom is -0.00790 e. The van der Waals surface area contributed by atoms with Crippen LogP contribution in [0, 0.1) is 23.2 Å². The predicted octanol–water partition coefficient (Wildman–Crippen LogP) is 5.12. The lowest BCUT2D eigenvalue weighted by molar-refractivity contribution is 0.221. The van der Waals surface area contributed by atoms with Crippen LogP contribution < -0.4 is 0 Å². The third-order valence-corrected chi connectivity index (χ3v) is 5.95. The molecule has 3 rings (SSSR count). The second-order valence-corrected chi connectivity index (χ2v) is 7.04.